The lowest BCUT2D eigenvalue weighted by molar-refractivity contribution is -0.384. The van der Waals surface area contributed by atoms with Gasteiger partial charge in [0.15, 0.2) is 5.16 Å². The molecular weight excluding hydrogens is 472 g/mol. The van der Waals surface area contributed by atoms with Crippen LogP contribution in [-0.4, -0.2) is 29.9 Å². The summed E-state index contributed by atoms with van der Waals surface area (Å²) in [6, 6.07) is 20.1. The normalized spacial score (nSPS) is 12.0. The number of benzene rings is 2. The minimum atomic E-state index is -0.447. The van der Waals surface area contributed by atoms with Gasteiger partial charge in [-0.3, -0.25) is 14.7 Å². The summed E-state index contributed by atoms with van der Waals surface area (Å²) in [6.07, 6.45) is 0.680. The zero-order valence-corrected chi connectivity index (χ0v) is 19.6. The van der Waals surface area contributed by atoms with Gasteiger partial charge in [-0.05, 0) is 42.6 Å². The maximum absolute atomic E-state index is 10.9. The number of hydrogen-bond acceptors (Lipinski definition) is 9. The summed E-state index contributed by atoms with van der Waals surface area (Å²) in [6.45, 7) is 1.96. The van der Waals surface area contributed by atoms with Crippen molar-refractivity contribution in [3.8, 4) is 17.1 Å². The molecule has 0 N–H and O–H groups in total. The molecule has 0 amide bonds. The van der Waals surface area contributed by atoms with E-state index in [4.69, 9.17) is 4.42 Å². The number of nitro benzene ring substituents is 1. The summed E-state index contributed by atoms with van der Waals surface area (Å²) in [5.41, 5.74) is 1.60. The predicted octanol–water partition coefficient (Wildman–Crippen LogP) is 5.73. The molecule has 34 heavy (non-hydrogen) atoms. The fourth-order valence-electron chi connectivity index (χ4n) is 3.35. The molecular formula is C23H18N6O3S2. The average Bonchev–Trinajstić information content (AvgIpc) is 3.62. The van der Waals surface area contributed by atoms with Gasteiger partial charge in [0.25, 0.3) is 5.69 Å². The Labute approximate surface area is 202 Å². The number of hydrogen-bond donors (Lipinski definition) is 0. The molecule has 0 radical (unpaired) electrons. The van der Waals surface area contributed by atoms with Gasteiger partial charge in [-0.25, -0.2) is 0 Å². The van der Waals surface area contributed by atoms with E-state index in [9.17, 15) is 10.1 Å². The van der Waals surface area contributed by atoms with Crippen LogP contribution in [0.1, 0.15) is 28.8 Å². The molecule has 0 bridgehead atoms. The fraction of sp³-hybridized carbons (Fsp3) is 0.130. The van der Waals surface area contributed by atoms with Gasteiger partial charge in [0.1, 0.15) is 5.82 Å². The maximum atomic E-state index is 10.9. The van der Waals surface area contributed by atoms with Crippen molar-refractivity contribution in [2.75, 3.05) is 0 Å². The third kappa shape index (κ3) is 4.61. The highest BCUT2D eigenvalue weighted by Gasteiger charge is 2.22. The van der Waals surface area contributed by atoms with Crippen molar-refractivity contribution in [1.82, 2.24) is 25.0 Å². The van der Waals surface area contributed by atoms with Gasteiger partial charge in [-0.1, -0.05) is 36.0 Å². The zero-order valence-electron chi connectivity index (χ0n) is 17.9. The highest BCUT2D eigenvalue weighted by atomic mass is 32.2. The first-order valence-corrected chi connectivity index (χ1v) is 12.1. The Kier molecular flexibility index (Phi) is 6.19. The second-order valence-electron chi connectivity index (χ2n) is 7.34. The number of nitro groups is 1. The van der Waals surface area contributed by atoms with Crippen molar-refractivity contribution in [2.45, 2.75) is 23.8 Å². The standard InChI is InChI=1S/C23H18N6O3S2/c1-15(21-25-26-22(32-21)16-9-11-18(12-10-16)29(30)31)34-23-27-24-20(14-19-8-5-13-33-19)28(23)17-6-3-2-4-7-17/h2-13,15H,14H2,1H3. The molecule has 0 aliphatic carbocycles. The Hall–Kier alpha value is -3.83. The van der Waals surface area contributed by atoms with E-state index < -0.39 is 4.92 Å². The molecule has 0 spiro atoms. The largest absolute Gasteiger partial charge is 0.419 e. The number of non-ortho nitro benzene ring substituents is 1. The van der Waals surface area contributed by atoms with Crippen LogP contribution in [0.3, 0.4) is 0 Å². The quantitative estimate of drug-likeness (QED) is 0.154. The Bertz CT molecular complexity index is 1400. The maximum Gasteiger partial charge on any atom is 0.269 e. The van der Waals surface area contributed by atoms with Crippen molar-refractivity contribution >= 4 is 28.8 Å². The first-order chi connectivity index (χ1) is 16.6. The molecule has 170 valence electrons. The monoisotopic (exact) mass is 490 g/mol. The highest BCUT2D eigenvalue weighted by Crippen LogP contribution is 2.36. The van der Waals surface area contributed by atoms with Gasteiger partial charge in [-0.15, -0.1) is 31.7 Å². The SMILES string of the molecule is CC(Sc1nnc(Cc2cccs2)n1-c1ccccc1)c1nnc(-c2ccc([N+](=O)[O-])cc2)o1. The number of rotatable bonds is 8. The first kappa shape index (κ1) is 22.0. The van der Waals surface area contributed by atoms with E-state index >= 15 is 0 Å². The molecule has 0 fully saturated rings. The number of thioether (sulfide) groups is 1. The van der Waals surface area contributed by atoms with E-state index in [-0.39, 0.29) is 10.9 Å². The number of para-hydroxylation sites is 1. The molecule has 5 aromatic rings. The third-order valence-corrected chi connectivity index (χ3v) is 6.93. The van der Waals surface area contributed by atoms with Crippen LogP contribution in [0.25, 0.3) is 17.1 Å². The Morgan fingerprint density at radius 1 is 1.03 bits per heavy atom. The number of thiophene rings is 1. The fourth-order valence-corrected chi connectivity index (χ4v) is 4.96. The van der Waals surface area contributed by atoms with Gasteiger partial charge in [-0.2, -0.15) is 0 Å². The second kappa shape index (κ2) is 9.57. The molecule has 0 aliphatic rings. The van der Waals surface area contributed by atoms with E-state index in [1.54, 1.807) is 23.5 Å². The molecule has 1 unspecified atom stereocenters. The van der Waals surface area contributed by atoms with Crippen LogP contribution in [0.2, 0.25) is 0 Å². The molecule has 5 rings (SSSR count). The molecule has 0 saturated heterocycles. The van der Waals surface area contributed by atoms with Gasteiger partial charge in [0.2, 0.25) is 11.8 Å². The lowest BCUT2D eigenvalue weighted by atomic mass is 10.2. The van der Waals surface area contributed by atoms with Crippen LogP contribution >= 0.6 is 23.1 Å². The topological polar surface area (TPSA) is 113 Å². The van der Waals surface area contributed by atoms with Crippen LogP contribution in [0.5, 0.6) is 0 Å². The summed E-state index contributed by atoms with van der Waals surface area (Å²) in [7, 11) is 0. The molecule has 11 heteroatoms. The molecule has 9 nitrogen and oxygen atoms in total. The molecule has 0 aliphatic heterocycles. The Balaban J connectivity index is 1.40. The van der Waals surface area contributed by atoms with Gasteiger partial charge >= 0.3 is 0 Å². The van der Waals surface area contributed by atoms with E-state index in [0.29, 0.717) is 23.8 Å². The average molecular weight is 491 g/mol. The van der Waals surface area contributed by atoms with Crippen molar-refractivity contribution < 1.29 is 9.34 Å². The second-order valence-corrected chi connectivity index (χ2v) is 9.68. The summed E-state index contributed by atoms with van der Waals surface area (Å²) >= 11 is 3.16. The van der Waals surface area contributed by atoms with E-state index in [2.05, 4.69) is 31.0 Å². The first-order valence-electron chi connectivity index (χ1n) is 10.4. The third-order valence-electron chi connectivity index (χ3n) is 5.02. The van der Waals surface area contributed by atoms with Crippen LogP contribution < -0.4 is 0 Å². The number of nitrogens with zero attached hydrogens (tertiary/aromatic N) is 6. The highest BCUT2D eigenvalue weighted by molar-refractivity contribution is 7.99. The van der Waals surface area contributed by atoms with Gasteiger partial charge in [0.05, 0.1) is 10.2 Å². The van der Waals surface area contributed by atoms with E-state index in [1.807, 2.05) is 48.7 Å². The smallest absolute Gasteiger partial charge is 0.269 e. The van der Waals surface area contributed by atoms with E-state index in [0.717, 1.165) is 16.7 Å². The van der Waals surface area contributed by atoms with Crippen molar-refractivity contribution in [3.63, 3.8) is 0 Å². The molecule has 2 aromatic carbocycles. The van der Waals surface area contributed by atoms with Crippen molar-refractivity contribution in [1.29, 1.82) is 0 Å². The van der Waals surface area contributed by atoms with Gasteiger partial charge in [0, 0.05) is 34.7 Å². The predicted molar refractivity (Wildman–Crippen MR) is 129 cm³/mol. The molecule has 1 atom stereocenters. The Morgan fingerprint density at radius 3 is 2.53 bits per heavy atom. The summed E-state index contributed by atoms with van der Waals surface area (Å²) in [4.78, 5) is 11.6. The minimum absolute atomic E-state index is 0.00557. The number of aromatic nitrogens is 5. The zero-order chi connectivity index (χ0) is 23.5. The van der Waals surface area contributed by atoms with Crippen molar-refractivity contribution in [2.24, 2.45) is 0 Å². The minimum Gasteiger partial charge on any atom is -0.419 e. The molecule has 3 heterocycles. The Morgan fingerprint density at radius 2 is 1.82 bits per heavy atom. The lowest BCUT2D eigenvalue weighted by Crippen LogP contribution is -2.03. The lowest BCUT2D eigenvalue weighted by Gasteiger charge is -2.11. The van der Waals surface area contributed by atoms with Gasteiger partial charge < -0.3 is 4.42 Å². The summed E-state index contributed by atoms with van der Waals surface area (Å²) in [5, 5.41) is 30.7. The van der Waals surface area contributed by atoms with E-state index in [1.165, 1.54) is 28.8 Å². The van der Waals surface area contributed by atoms with Crippen LogP contribution in [0.15, 0.2) is 81.7 Å². The van der Waals surface area contributed by atoms with Crippen LogP contribution in [0.4, 0.5) is 5.69 Å². The van der Waals surface area contributed by atoms with Crippen molar-refractivity contribution in [3.05, 3.63) is 98.8 Å². The molecule has 0 saturated carbocycles. The molecule has 3 aromatic heterocycles. The van der Waals surface area contributed by atoms with Crippen LogP contribution in [0, 0.1) is 10.1 Å². The summed E-state index contributed by atoms with van der Waals surface area (Å²) in [5.74, 6) is 1.58. The summed E-state index contributed by atoms with van der Waals surface area (Å²) < 4.78 is 7.92. The van der Waals surface area contributed by atoms with Crippen LogP contribution in [-0.2, 0) is 6.42 Å².